The highest BCUT2D eigenvalue weighted by molar-refractivity contribution is 6.31. The molecule has 5 nitrogen and oxygen atoms in total. The first kappa shape index (κ1) is 13.4. The van der Waals surface area contributed by atoms with Gasteiger partial charge in [0.2, 0.25) is 5.91 Å². The van der Waals surface area contributed by atoms with Crippen molar-refractivity contribution < 1.29 is 4.79 Å². The van der Waals surface area contributed by atoms with E-state index < -0.39 is 0 Å². The van der Waals surface area contributed by atoms with Crippen molar-refractivity contribution in [2.45, 2.75) is 32.4 Å². The van der Waals surface area contributed by atoms with Gasteiger partial charge in [0, 0.05) is 6.04 Å². The van der Waals surface area contributed by atoms with Crippen molar-refractivity contribution >= 4 is 17.5 Å². The third kappa shape index (κ3) is 3.23. The Hall–Kier alpha value is -1.07. The van der Waals surface area contributed by atoms with E-state index in [2.05, 4.69) is 22.4 Å². The summed E-state index contributed by atoms with van der Waals surface area (Å²) in [6, 6.07) is 0.292. The number of likely N-dealkylation sites (tertiary alicyclic amines) is 1. The van der Waals surface area contributed by atoms with Crippen LogP contribution < -0.4 is 5.32 Å². The molecule has 100 valence electrons. The zero-order chi connectivity index (χ0) is 13.1. The molecule has 6 heteroatoms. The quantitative estimate of drug-likeness (QED) is 0.893. The number of rotatable bonds is 3. The maximum atomic E-state index is 11.9. The van der Waals surface area contributed by atoms with Crippen LogP contribution >= 0.6 is 11.6 Å². The smallest absolute Gasteiger partial charge is 0.241 e. The normalized spacial score (nSPS) is 17.9. The molecule has 0 aliphatic carbocycles. The summed E-state index contributed by atoms with van der Waals surface area (Å²) in [4.78, 5) is 14.2. The number of piperidine rings is 1. The van der Waals surface area contributed by atoms with Crippen LogP contribution in [0.1, 0.15) is 18.5 Å². The molecule has 1 N–H and O–H groups in total. The van der Waals surface area contributed by atoms with Crippen LogP contribution in [-0.4, -0.2) is 46.8 Å². The maximum Gasteiger partial charge on any atom is 0.241 e. The molecule has 0 saturated carbocycles. The first-order valence-corrected chi connectivity index (χ1v) is 6.60. The van der Waals surface area contributed by atoms with E-state index in [4.69, 9.17) is 11.6 Å². The fourth-order valence-electron chi connectivity index (χ4n) is 2.15. The van der Waals surface area contributed by atoms with Gasteiger partial charge >= 0.3 is 0 Å². The van der Waals surface area contributed by atoms with E-state index in [1.165, 1.54) is 0 Å². The van der Waals surface area contributed by atoms with Crippen molar-refractivity contribution in [1.82, 2.24) is 20.0 Å². The predicted molar refractivity (Wildman–Crippen MR) is 70.6 cm³/mol. The van der Waals surface area contributed by atoms with Crippen LogP contribution in [0.5, 0.6) is 0 Å². The third-order valence-corrected chi connectivity index (χ3v) is 3.79. The average Bonchev–Trinajstić information content (AvgIpc) is 2.64. The second-order valence-corrected chi connectivity index (χ2v) is 5.29. The predicted octanol–water partition coefficient (Wildman–Crippen LogP) is 1.06. The summed E-state index contributed by atoms with van der Waals surface area (Å²) in [6.45, 7) is 4.18. The van der Waals surface area contributed by atoms with Crippen LogP contribution in [0.3, 0.4) is 0 Å². The Morgan fingerprint density at radius 3 is 2.78 bits per heavy atom. The number of aromatic nitrogens is 2. The molecule has 1 aliphatic heterocycles. The van der Waals surface area contributed by atoms with E-state index >= 15 is 0 Å². The molecule has 1 aliphatic rings. The molecule has 0 spiro atoms. The summed E-state index contributed by atoms with van der Waals surface area (Å²) in [5.74, 6) is 0.00687. The van der Waals surface area contributed by atoms with Gasteiger partial charge in [-0.15, -0.1) is 0 Å². The lowest BCUT2D eigenvalue weighted by atomic mass is 10.1. The van der Waals surface area contributed by atoms with Crippen LogP contribution in [-0.2, 0) is 11.3 Å². The summed E-state index contributed by atoms with van der Waals surface area (Å²) in [7, 11) is 2.10. The molecule has 1 aromatic rings. The highest BCUT2D eigenvalue weighted by atomic mass is 35.5. The molecular formula is C12H19ClN4O. The Labute approximate surface area is 112 Å². The minimum Gasteiger partial charge on any atom is -0.352 e. The van der Waals surface area contributed by atoms with E-state index in [0.717, 1.165) is 31.6 Å². The van der Waals surface area contributed by atoms with E-state index in [-0.39, 0.29) is 12.5 Å². The molecule has 2 heterocycles. The highest BCUT2D eigenvalue weighted by Gasteiger charge is 2.19. The van der Waals surface area contributed by atoms with Gasteiger partial charge in [0.25, 0.3) is 0 Å². The van der Waals surface area contributed by atoms with Crippen molar-refractivity contribution in [1.29, 1.82) is 0 Å². The van der Waals surface area contributed by atoms with E-state index in [1.54, 1.807) is 10.9 Å². The van der Waals surface area contributed by atoms with E-state index in [9.17, 15) is 4.79 Å². The maximum absolute atomic E-state index is 11.9. The topological polar surface area (TPSA) is 50.2 Å². The number of hydrogen-bond donors (Lipinski definition) is 1. The molecule has 1 saturated heterocycles. The van der Waals surface area contributed by atoms with Crippen molar-refractivity contribution in [3.8, 4) is 0 Å². The summed E-state index contributed by atoms with van der Waals surface area (Å²) < 4.78 is 1.63. The Morgan fingerprint density at radius 1 is 1.56 bits per heavy atom. The molecule has 0 aromatic carbocycles. The zero-order valence-electron chi connectivity index (χ0n) is 10.8. The molecular weight excluding hydrogens is 252 g/mol. The van der Waals surface area contributed by atoms with Crippen molar-refractivity contribution in [3.05, 3.63) is 16.9 Å². The number of carbonyl (C=O) groups is 1. The summed E-state index contributed by atoms with van der Waals surface area (Å²) in [5.41, 5.74) is 0.829. The van der Waals surface area contributed by atoms with Crippen LogP contribution in [0.25, 0.3) is 0 Å². The van der Waals surface area contributed by atoms with Crippen LogP contribution in [0.15, 0.2) is 6.20 Å². The van der Waals surface area contributed by atoms with Gasteiger partial charge in [-0.25, -0.2) is 0 Å². The van der Waals surface area contributed by atoms with Gasteiger partial charge in [0.1, 0.15) is 6.54 Å². The summed E-state index contributed by atoms with van der Waals surface area (Å²) >= 11 is 5.90. The molecule has 0 bridgehead atoms. The van der Waals surface area contributed by atoms with Crippen molar-refractivity contribution in [2.75, 3.05) is 20.1 Å². The monoisotopic (exact) mass is 270 g/mol. The summed E-state index contributed by atoms with van der Waals surface area (Å²) in [6.07, 6.45) is 3.60. The molecule has 18 heavy (non-hydrogen) atoms. The fourth-order valence-corrected chi connectivity index (χ4v) is 2.29. The van der Waals surface area contributed by atoms with Gasteiger partial charge in [0.05, 0.1) is 16.9 Å². The number of nitrogens with zero attached hydrogens (tertiary/aromatic N) is 3. The van der Waals surface area contributed by atoms with Gasteiger partial charge in [0.15, 0.2) is 0 Å². The molecule has 1 amide bonds. The molecule has 1 fully saturated rings. The lowest BCUT2D eigenvalue weighted by Gasteiger charge is -2.29. The minimum absolute atomic E-state index is 0.00687. The number of hydrogen-bond acceptors (Lipinski definition) is 3. The van der Waals surface area contributed by atoms with Crippen LogP contribution in [0, 0.1) is 6.92 Å². The lowest BCUT2D eigenvalue weighted by Crippen LogP contribution is -2.44. The minimum atomic E-state index is 0.00687. The number of carbonyl (C=O) groups excluding carboxylic acids is 1. The molecule has 0 unspecified atom stereocenters. The Kier molecular flexibility index (Phi) is 4.24. The second kappa shape index (κ2) is 5.71. The largest absolute Gasteiger partial charge is 0.352 e. The van der Waals surface area contributed by atoms with E-state index in [1.807, 2.05) is 6.92 Å². The SMILES string of the molecule is Cc1c(Cl)cnn1CC(=O)NC1CCN(C)CC1. The van der Waals surface area contributed by atoms with Crippen LogP contribution in [0.4, 0.5) is 0 Å². The Bertz CT molecular complexity index is 424. The van der Waals surface area contributed by atoms with Crippen molar-refractivity contribution in [3.63, 3.8) is 0 Å². The standard InChI is InChI=1S/C12H19ClN4O/c1-9-11(13)7-14-17(9)8-12(18)15-10-3-5-16(2)6-4-10/h7,10H,3-6,8H2,1-2H3,(H,15,18). The van der Waals surface area contributed by atoms with Gasteiger partial charge in [-0.2, -0.15) is 5.10 Å². The fraction of sp³-hybridized carbons (Fsp3) is 0.667. The third-order valence-electron chi connectivity index (χ3n) is 3.42. The van der Waals surface area contributed by atoms with E-state index in [0.29, 0.717) is 11.1 Å². The van der Waals surface area contributed by atoms with Gasteiger partial charge in [-0.3, -0.25) is 9.48 Å². The average molecular weight is 271 g/mol. The molecule has 1 aromatic heterocycles. The Balaban J connectivity index is 1.84. The number of amides is 1. The first-order chi connectivity index (χ1) is 8.56. The Morgan fingerprint density at radius 2 is 2.22 bits per heavy atom. The number of nitrogens with one attached hydrogen (secondary N) is 1. The molecule has 0 atom stereocenters. The second-order valence-electron chi connectivity index (χ2n) is 4.88. The van der Waals surface area contributed by atoms with Crippen molar-refractivity contribution in [2.24, 2.45) is 0 Å². The highest BCUT2D eigenvalue weighted by Crippen LogP contribution is 2.13. The molecule has 2 rings (SSSR count). The van der Waals surface area contributed by atoms with Gasteiger partial charge < -0.3 is 10.2 Å². The number of halogens is 1. The van der Waals surface area contributed by atoms with Gasteiger partial charge in [-0.1, -0.05) is 11.6 Å². The lowest BCUT2D eigenvalue weighted by molar-refractivity contribution is -0.122. The molecule has 0 radical (unpaired) electrons. The zero-order valence-corrected chi connectivity index (χ0v) is 11.6. The summed E-state index contributed by atoms with van der Waals surface area (Å²) in [5, 5.41) is 7.73. The van der Waals surface area contributed by atoms with Gasteiger partial charge in [-0.05, 0) is 39.9 Å². The first-order valence-electron chi connectivity index (χ1n) is 6.22. The van der Waals surface area contributed by atoms with Crippen LogP contribution in [0.2, 0.25) is 5.02 Å².